The molecule has 0 radical (unpaired) electrons. The minimum Gasteiger partial charge on any atom is -0.380 e. The Morgan fingerprint density at radius 2 is 2.40 bits per heavy atom. The van der Waals surface area contributed by atoms with Crippen LogP contribution in [0.15, 0.2) is 6.07 Å². The summed E-state index contributed by atoms with van der Waals surface area (Å²) in [6.45, 7) is 2.85. The van der Waals surface area contributed by atoms with Crippen LogP contribution in [0.4, 0.5) is 0 Å². The van der Waals surface area contributed by atoms with E-state index in [2.05, 4.69) is 22.2 Å². The van der Waals surface area contributed by atoms with Gasteiger partial charge in [0.2, 0.25) is 0 Å². The molecule has 1 nitrogen and oxygen atoms in total. The van der Waals surface area contributed by atoms with Gasteiger partial charge in [0.15, 0.2) is 0 Å². The SMILES string of the molecule is COCc1cc(P)sc1C. The molecule has 10 heavy (non-hydrogen) atoms. The van der Waals surface area contributed by atoms with Crippen molar-refractivity contribution in [3.05, 3.63) is 16.5 Å². The predicted molar refractivity (Wildman–Crippen MR) is 49.1 cm³/mol. The van der Waals surface area contributed by atoms with Gasteiger partial charge in [0, 0.05) is 16.6 Å². The Kier molecular flexibility index (Phi) is 2.84. The number of methoxy groups -OCH3 is 1. The maximum atomic E-state index is 5.02. The average Bonchev–Trinajstić information content (AvgIpc) is 2.13. The van der Waals surface area contributed by atoms with Crippen molar-refractivity contribution >= 4 is 25.2 Å². The minimum atomic E-state index is 0.733. The number of thiophene rings is 1. The molecule has 0 aliphatic carbocycles. The molecule has 1 rings (SSSR count). The predicted octanol–water partition coefficient (Wildman–Crippen LogP) is 1.70. The van der Waals surface area contributed by atoms with Crippen molar-refractivity contribution in [1.29, 1.82) is 0 Å². The van der Waals surface area contributed by atoms with Crippen molar-refractivity contribution in [2.45, 2.75) is 13.5 Å². The van der Waals surface area contributed by atoms with E-state index in [0.29, 0.717) is 0 Å². The fourth-order valence-corrected chi connectivity index (χ4v) is 2.38. The first kappa shape index (κ1) is 8.19. The van der Waals surface area contributed by atoms with Crippen LogP contribution in [0, 0.1) is 6.92 Å². The largest absolute Gasteiger partial charge is 0.380 e. The van der Waals surface area contributed by atoms with Gasteiger partial charge in [-0.25, -0.2) is 0 Å². The standard InChI is InChI=1S/C7H11OPS/c1-5-6(4-8-2)3-7(9)10-5/h3H,4,9H2,1-2H3. The third-order valence-corrected chi connectivity index (χ3v) is 2.78. The summed E-state index contributed by atoms with van der Waals surface area (Å²) in [7, 11) is 4.42. The van der Waals surface area contributed by atoms with Crippen LogP contribution in [0.2, 0.25) is 0 Å². The van der Waals surface area contributed by atoms with Crippen molar-refractivity contribution in [1.82, 2.24) is 0 Å². The lowest BCUT2D eigenvalue weighted by atomic mass is 10.3. The van der Waals surface area contributed by atoms with E-state index in [1.54, 1.807) is 18.4 Å². The smallest absolute Gasteiger partial charge is 0.0723 e. The molecule has 0 aliphatic rings. The van der Waals surface area contributed by atoms with Gasteiger partial charge in [-0.05, 0) is 18.6 Å². The van der Waals surface area contributed by atoms with Crippen molar-refractivity contribution in [3.8, 4) is 0 Å². The Bertz CT molecular complexity index is 219. The van der Waals surface area contributed by atoms with Gasteiger partial charge in [0.05, 0.1) is 6.61 Å². The number of hydrogen-bond acceptors (Lipinski definition) is 2. The summed E-state index contributed by atoms with van der Waals surface area (Å²) < 4.78 is 6.30. The zero-order valence-corrected chi connectivity index (χ0v) is 8.15. The maximum absolute atomic E-state index is 5.02. The summed E-state index contributed by atoms with van der Waals surface area (Å²) in [5.41, 5.74) is 1.30. The summed E-state index contributed by atoms with van der Waals surface area (Å²) in [6, 6.07) is 2.15. The first-order chi connectivity index (χ1) is 4.74. The third kappa shape index (κ3) is 1.79. The van der Waals surface area contributed by atoms with Gasteiger partial charge < -0.3 is 4.74 Å². The summed E-state index contributed by atoms with van der Waals surface area (Å²) in [5.74, 6) is 0. The molecule has 0 N–H and O–H groups in total. The van der Waals surface area contributed by atoms with Gasteiger partial charge in [-0.1, -0.05) is 9.24 Å². The Morgan fingerprint density at radius 1 is 1.70 bits per heavy atom. The van der Waals surface area contributed by atoms with Crippen LogP contribution < -0.4 is 4.62 Å². The average molecular weight is 174 g/mol. The molecular formula is C7H11OPS. The summed E-state index contributed by atoms with van der Waals surface area (Å²) in [6.07, 6.45) is 0. The van der Waals surface area contributed by atoms with Crippen LogP contribution in [0.3, 0.4) is 0 Å². The fraction of sp³-hybridized carbons (Fsp3) is 0.429. The molecule has 0 saturated heterocycles. The molecule has 1 unspecified atom stereocenters. The number of hydrogen-bond donors (Lipinski definition) is 0. The first-order valence-electron chi connectivity index (χ1n) is 3.07. The van der Waals surface area contributed by atoms with Gasteiger partial charge in [-0.3, -0.25) is 0 Å². The lowest BCUT2D eigenvalue weighted by Crippen LogP contribution is -1.86. The zero-order valence-electron chi connectivity index (χ0n) is 6.18. The zero-order chi connectivity index (χ0) is 7.56. The number of aryl methyl sites for hydroxylation is 1. The molecule has 1 aromatic rings. The molecule has 3 heteroatoms. The van der Waals surface area contributed by atoms with Crippen LogP contribution in [0.1, 0.15) is 10.4 Å². The van der Waals surface area contributed by atoms with Gasteiger partial charge in [-0.2, -0.15) is 0 Å². The van der Waals surface area contributed by atoms with Crippen molar-refractivity contribution in [3.63, 3.8) is 0 Å². The lowest BCUT2D eigenvalue weighted by Gasteiger charge is -1.94. The van der Waals surface area contributed by atoms with Crippen LogP contribution >= 0.6 is 20.6 Å². The third-order valence-electron chi connectivity index (χ3n) is 1.34. The molecule has 1 aromatic heterocycles. The molecule has 0 amide bonds. The van der Waals surface area contributed by atoms with Crippen LogP contribution in [-0.4, -0.2) is 7.11 Å². The Hall–Kier alpha value is 0.0900. The molecule has 0 fully saturated rings. The molecule has 1 heterocycles. The highest BCUT2D eigenvalue weighted by molar-refractivity contribution is 7.43. The Morgan fingerprint density at radius 3 is 2.80 bits per heavy atom. The van der Waals surface area contributed by atoms with E-state index in [-0.39, 0.29) is 0 Å². The second-order valence-electron chi connectivity index (χ2n) is 2.16. The van der Waals surface area contributed by atoms with E-state index < -0.39 is 0 Å². The second-order valence-corrected chi connectivity index (χ2v) is 4.49. The van der Waals surface area contributed by atoms with E-state index in [0.717, 1.165) is 6.61 Å². The van der Waals surface area contributed by atoms with Crippen molar-refractivity contribution in [2.75, 3.05) is 7.11 Å². The van der Waals surface area contributed by atoms with Gasteiger partial charge in [-0.15, -0.1) is 11.3 Å². The van der Waals surface area contributed by atoms with Crippen molar-refractivity contribution in [2.24, 2.45) is 0 Å². The summed E-state index contributed by atoms with van der Waals surface area (Å²) >= 11 is 1.79. The van der Waals surface area contributed by atoms with Crippen LogP contribution in [0.25, 0.3) is 0 Å². The highest BCUT2D eigenvalue weighted by Crippen LogP contribution is 2.15. The highest BCUT2D eigenvalue weighted by atomic mass is 32.1. The fourth-order valence-electron chi connectivity index (χ4n) is 0.844. The molecule has 1 atom stereocenters. The molecule has 0 aliphatic heterocycles. The molecule has 0 aromatic carbocycles. The lowest BCUT2D eigenvalue weighted by molar-refractivity contribution is 0.185. The minimum absolute atomic E-state index is 0.733. The van der Waals surface area contributed by atoms with E-state index in [1.165, 1.54) is 15.1 Å². The van der Waals surface area contributed by atoms with Crippen LogP contribution in [-0.2, 0) is 11.3 Å². The number of rotatable bonds is 2. The van der Waals surface area contributed by atoms with Gasteiger partial charge in [0.25, 0.3) is 0 Å². The highest BCUT2D eigenvalue weighted by Gasteiger charge is 2.00. The molecule has 0 spiro atoms. The van der Waals surface area contributed by atoms with Crippen molar-refractivity contribution < 1.29 is 4.74 Å². The first-order valence-corrected chi connectivity index (χ1v) is 4.47. The quantitative estimate of drug-likeness (QED) is 0.620. The molecule has 0 bridgehead atoms. The Balaban J connectivity index is 2.81. The monoisotopic (exact) mass is 174 g/mol. The summed E-state index contributed by atoms with van der Waals surface area (Å²) in [5, 5.41) is 0. The second kappa shape index (κ2) is 3.47. The molecule has 0 saturated carbocycles. The number of ether oxygens (including phenoxy) is 1. The normalized spacial score (nSPS) is 10.3. The van der Waals surface area contributed by atoms with Gasteiger partial charge >= 0.3 is 0 Å². The van der Waals surface area contributed by atoms with E-state index in [1.807, 2.05) is 0 Å². The maximum Gasteiger partial charge on any atom is 0.0723 e. The van der Waals surface area contributed by atoms with E-state index in [4.69, 9.17) is 4.74 Å². The molecular weight excluding hydrogens is 163 g/mol. The van der Waals surface area contributed by atoms with E-state index in [9.17, 15) is 0 Å². The summed E-state index contributed by atoms with van der Waals surface area (Å²) in [4.78, 5) is 1.35. The van der Waals surface area contributed by atoms with E-state index >= 15 is 0 Å². The van der Waals surface area contributed by atoms with Gasteiger partial charge in [0.1, 0.15) is 0 Å². The molecule has 56 valence electrons. The topological polar surface area (TPSA) is 9.23 Å². The Labute approximate surface area is 67.6 Å². The van der Waals surface area contributed by atoms with Crippen LogP contribution in [0.5, 0.6) is 0 Å².